The van der Waals surface area contributed by atoms with Gasteiger partial charge in [-0.15, -0.1) is 0 Å². The second-order valence-corrected chi connectivity index (χ2v) is 7.94. The quantitative estimate of drug-likeness (QED) is 0.413. The number of benzene rings is 3. The average molecular weight is 464 g/mol. The molecule has 4 rings (SSSR count). The van der Waals surface area contributed by atoms with Crippen molar-refractivity contribution in [3.63, 3.8) is 0 Å². The molecule has 1 aromatic heterocycles. The molecule has 0 saturated carbocycles. The molecular formula is C24H22BrN3O2. The van der Waals surface area contributed by atoms with Crippen LogP contribution in [0.3, 0.4) is 0 Å². The number of hydrogen-bond donors (Lipinski definition) is 1. The second-order valence-electron chi connectivity index (χ2n) is 7.02. The van der Waals surface area contributed by atoms with Gasteiger partial charge in [0, 0.05) is 10.0 Å². The van der Waals surface area contributed by atoms with Crippen molar-refractivity contribution in [1.29, 1.82) is 0 Å². The molecule has 0 radical (unpaired) electrons. The van der Waals surface area contributed by atoms with E-state index in [0.29, 0.717) is 25.3 Å². The highest BCUT2D eigenvalue weighted by atomic mass is 79.9. The number of aromatic nitrogens is 2. The summed E-state index contributed by atoms with van der Waals surface area (Å²) in [6.45, 7) is 3.54. The lowest BCUT2D eigenvalue weighted by atomic mass is 10.2. The fourth-order valence-corrected chi connectivity index (χ4v) is 3.53. The predicted octanol–water partition coefficient (Wildman–Crippen LogP) is 5.12. The molecule has 0 saturated heterocycles. The Labute approximate surface area is 183 Å². The first-order chi connectivity index (χ1) is 14.6. The zero-order valence-corrected chi connectivity index (χ0v) is 18.2. The number of rotatable bonds is 7. The van der Waals surface area contributed by atoms with Gasteiger partial charge in [0.25, 0.3) is 5.91 Å². The summed E-state index contributed by atoms with van der Waals surface area (Å²) < 4.78 is 8.95. The fourth-order valence-electron chi connectivity index (χ4n) is 3.26. The largest absolute Gasteiger partial charge is 0.492 e. The van der Waals surface area contributed by atoms with Crippen LogP contribution in [0.4, 0.5) is 0 Å². The van der Waals surface area contributed by atoms with Crippen LogP contribution in [0.15, 0.2) is 77.3 Å². The molecule has 5 nitrogen and oxygen atoms in total. The number of aryl methyl sites for hydroxylation is 1. The van der Waals surface area contributed by atoms with Crippen LogP contribution in [0.25, 0.3) is 11.0 Å². The summed E-state index contributed by atoms with van der Waals surface area (Å²) in [5.74, 6) is 1.52. The predicted molar refractivity (Wildman–Crippen MR) is 122 cm³/mol. The average Bonchev–Trinajstić information content (AvgIpc) is 3.11. The summed E-state index contributed by atoms with van der Waals surface area (Å²) in [6.07, 6.45) is 0. The van der Waals surface area contributed by atoms with Crippen LogP contribution in [0.1, 0.15) is 21.7 Å². The molecular weight excluding hydrogens is 442 g/mol. The molecule has 0 bridgehead atoms. The smallest absolute Gasteiger partial charge is 0.251 e. The van der Waals surface area contributed by atoms with Crippen LogP contribution in [0.2, 0.25) is 0 Å². The van der Waals surface area contributed by atoms with Crippen LogP contribution in [-0.2, 0) is 13.1 Å². The van der Waals surface area contributed by atoms with Gasteiger partial charge < -0.3 is 14.6 Å². The highest BCUT2D eigenvalue weighted by molar-refractivity contribution is 9.10. The van der Waals surface area contributed by atoms with E-state index in [2.05, 4.69) is 32.7 Å². The minimum Gasteiger partial charge on any atom is -0.492 e. The van der Waals surface area contributed by atoms with Crippen molar-refractivity contribution in [2.24, 2.45) is 0 Å². The lowest BCUT2D eigenvalue weighted by molar-refractivity contribution is 0.0949. The van der Waals surface area contributed by atoms with Crippen molar-refractivity contribution >= 4 is 32.9 Å². The molecule has 152 valence electrons. The van der Waals surface area contributed by atoms with E-state index in [1.54, 1.807) is 12.1 Å². The van der Waals surface area contributed by atoms with E-state index < -0.39 is 0 Å². The Kier molecular flexibility index (Phi) is 6.14. The maximum absolute atomic E-state index is 12.5. The summed E-state index contributed by atoms with van der Waals surface area (Å²) in [5, 5.41) is 2.97. The zero-order chi connectivity index (χ0) is 20.9. The van der Waals surface area contributed by atoms with Gasteiger partial charge in [0.1, 0.15) is 18.2 Å². The molecule has 0 fully saturated rings. The minimum absolute atomic E-state index is 0.128. The Morgan fingerprint density at radius 2 is 1.77 bits per heavy atom. The number of para-hydroxylation sites is 2. The first-order valence-electron chi connectivity index (χ1n) is 9.77. The van der Waals surface area contributed by atoms with Crippen molar-refractivity contribution in [1.82, 2.24) is 14.9 Å². The Bertz CT molecular complexity index is 1150. The number of nitrogens with zero attached hydrogens (tertiary/aromatic N) is 2. The Balaban J connectivity index is 1.47. The molecule has 4 aromatic rings. The number of hydrogen-bond acceptors (Lipinski definition) is 3. The molecule has 1 N–H and O–H groups in total. The number of nitrogens with one attached hydrogen (secondary N) is 1. The van der Waals surface area contributed by atoms with E-state index >= 15 is 0 Å². The van der Waals surface area contributed by atoms with Crippen molar-refractivity contribution < 1.29 is 9.53 Å². The maximum atomic E-state index is 12.5. The van der Waals surface area contributed by atoms with Gasteiger partial charge in [0.05, 0.1) is 24.1 Å². The lowest BCUT2D eigenvalue weighted by Gasteiger charge is -2.12. The molecule has 0 aliphatic heterocycles. The molecule has 1 amide bonds. The first kappa shape index (κ1) is 20.2. The molecule has 0 aliphatic rings. The zero-order valence-electron chi connectivity index (χ0n) is 16.6. The molecule has 0 aliphatic carbocycles. The van der Waals surface area contributed by atoms with E-state index in [1.807, 2.05) is 60.7 Å². The number of halogens is 1. The topological polar surface area (TPSA) is 56.1 Å². The number of ether oxygens (including phenoxy) is 1. The molecule has 1 heterocycles. The van der Waals surface area contributed by atoms with Gasteiger partial charge in [-0.2, -0.15) is 0 Å². The van der Waals surface area contributed by atoms with E-state index in [4.69, 9.17) is 9.72 Å². The number of fused-ring (bicyclic) bond motifs is 1. The van der Waals surface area contributed by atoms with E-state index in [0.717, 1.165) is 27.1 Å². The molecule has 0 spiro atoms. The third-order valence-corrected chi connectivity index (χ3v) is 5.38. The number of carbonyl (C=O) groups is 1. The van der Waals surface area contributed by atoms with E-state index in [1.165, 1.54) is 5.56 Å². The van der Waals surface area contributed by atoms with Gasteiger partial charge in [-0.1, -0.05) is 45.8 Å². The van der Waals surface area contributed by atoms with Crippen LogP contribution >= 0.6 is 15.9 Å². The second kappa shape index (κ2) is 9.13. The van der Waals surface area contributed by atoms with Crippen molar-refractivity contribution in [3.05, 3.63) is 94.2 Å². The standard InChI is InChI=1S/C24H22BrN3O2/c1-17-6-12-20(13-7-17)30-15-14-28-22-5-3-2-4-21(22)27-23(28)16-26-24(29)18-8-10-19(25)11-9-18/h2-13H,14-16H2,1H3,(H,26,29). The summed E-state index contributed by atoms with van der Waals surface area (Å²) in [4.78, 5) is 17.2. The molecule has 30 heavy (non-hydrogen) atoms. The first-order valence-corrected chi connectivity index (χ1v) is 10.6. The van der Waals surface area contributed by atoms with Gasteiger partial charge in [0.15, 0.2) is 0 Å². The summed E-state index contributed by atoms with van der Waals surface area (Å²) in [7, 11) is 0. The van der Waals surface area contributed by atoms with Crippen LogP contribution in [0.5, 0.6) is 5.75 Å². The van der Waals surface area contributed by atoms with E-state index in [-0.39, 0.29) is 5.91 Å². The van der Waals surface area contributed by atoms with Gasteiger partial charge >= 0.3 is 0 Å². The highest BCUT2D eigenvalue weighted by Crippen LogP contribution is 2.17. The van der Waals surface area contributed by atoms with E-state index in [9.17, 15) is 4.79 Å². The number of imidazole rings is 1. The molecule has 0 unspecified atom stereocenters. The number of amides is 1. The summed E-state index contributed by atoms with van der Waals surface area (Å²) in [5.41, 5.74) is 3.74. The monoisotopic (exact) mass is 463 g/mol. The van der Waals surface area contributed by atoms with Crippen LogP contribution in [-0.4, -0.2) is 22.1 Å². The molecule has 0 atom stereocenters. The lowest BCUT2D eigenvalue weighted by Crippen LogP contribution is -2.25. The minimum atomic E-state index is -0.128. The highest BCUT2D eigenvalue weighted by Gasteiger charge is 2.12. The molecule has 3 aromatic carbocycles. The summed E-state index contributed by atoms with van der Waals surface area (Å²) in [6, 6.07) is 23.3. The SMILES string of the molecule is Cc1ccc(OCCn2c(CNC(=O)c3ccc(Br)cc3)nc3ccccc32)cc1. The number of carbonyl (C=O) groups excluding carboxylic acids is 1. The normalized spacial score (nSPS) is 10.9. The Morgan fingerprint density at radius 3 is 2.53 bits per heavy atom. The van der Waals surface area contributed by atoms with Gasteiger partial charge in [-0.25, -0.2) is 4.98 Å². The Morgan fingerprint density at radius 1 is 1.03 bits per heavy atom. The van der Waals surface area contributed by atoms with Gasteiger partial charge in [0.2, 0.25) is 0 Å². The van der Waals surface area contributed by atoms with Crippen LogP contribution < -0.4 is 10.1 Å². The molecule has 6 heteroatoms. The third-order valence-electron chi connectivity index (χ3n) is 4.85. The van der Waals surface area contributed by atoms with Crippen LogP contribution in [0, 0.1) is 6.92 Å². The van der Waals surface area contributed by atoms with Crippen molar-refractivity contribution in [3.8, 4) is 5.75 Å². The van der Waals surface area contributed by atoms with Crippen molar-refractivity contribution in [2.75, 3.05) is 6.61 Å². The van der Waals surface area contributed by atoms with Gasteiger partial charge in [-0.05, 0) is 55.5 Å². The fraction of sp³-hybridized carbons (Fsp3) is 0.167. The van der Waals surface area contributed by atoms with Gasteiger partial charge in [-0.3, -0.25) is 4.79 Å². The Hall–Kier alpha value is -3.12. The maximum Gasteiger partial charge on any atom is 0.251 e. The summed E-state index contributed by atoms with van der Waals surface area (Å²) >= 11 is 3.39. The van der Waals surface area contributed by atoms with Crippen molar-refractivity contribution in [2.45, 2.75) is 20.0 Å². The third kappa shape index (κ3) is 4.71.